The lowest BCUT2D eigenvalue weighted by atomic mass is 10.1. The average Bonchev–Trinajstić information content (AvgIpc) is 2.49. The standard InChI is InChI=1S/C13H20ClFN4/c1-8-7-18(2)4-3-5-19(8)13-10(17)6-9(16)11(14)12(13)15/h6,8H,3-5,7,16-17H2,1-2H3. The van der Waals surface area contributed by atoms with Crippen LogP contribution in [0.15, 0.2) is 6.07 Å². The van der Waals surface area contributed by atoms with Crippen molar-refractivity contribution in [3.63, 3.8) is 0 Å². The highest BCUT2D eigenvalue weighted by atomic mass is 35.5. The molecule has 0 aliphatic carbocycles. The molecule has 1 heterocycles. The lowest BCUT2D eigenvalue weighted by Crippen LogP contribution is -2.39. The molecule has 0 bridgehead atoms. The minimum absolute atomic E-state index is 0.0472. The first kappa shape index (κ1) is 14.2. The van der Waals surface area contributed by atoms with E-state index in [1.165, 1.54) is 6.07 Å². The average molecular weight is 287 g/mol. The third-order valence-corrected chi connectivity index (χ3v) is 3.96. The van der Waals surface area contributed by atoms with Crippen molar-refractivity contribution in [1.82, 2.24) is 4.90 Å². The van der Waals surface area contributed by atoms with Crippen molar-refractivity contribution in [2.24, 2.45) is 0 Å². The van der Waals surface area contributed by atoms with E-state index >= 15 is 0 Å². The number of hydrogen-bond donors (Lipinski definition) is 2. The highest BCUT2D eigenvalue weighted by Gasteiger charge is 2.26. The van der Waals surface area contributed by atoms with E-state index in [1.807, 2.05) is 4.90 Å². The highest BCUT2D eigenvalue weighted by Crippen LogP contribution is 2.37. The van der Waals surface area contributed by atoms with Crippen LogP contribution in [0, 0.1) is 5.82 Å². The maximum atomic E-state index is 14.4. The third kappa shape index (κ3) is 2.72. The number of rotatable bonds is 1. The van der Waals surface area contributed by atoms with Crippen LogP contribution >= 0.6 is 11.6 Å². The second-order valence-electron chi connectivity index (χ2n) is 5.19. The van der Waals surface area contributed by atoms with E-state index in [4.69, 9.17) is 23.1 Å². The summed E-state index contributed by atoms with van der Waals surface area (Å²) in [6, 6.07) is 1.70. The second-order valence-corrected chi connectivity index (χ2v) is 5.57. The van der Waals surface area contributed by atoms with E-state index in [2.05, 4.69) is 18.9 Å². The van der Waals surface area contributed by atoms with Gasteiger partial charge in [-0.1, -0.05) is 11.6 Å². The van der Waals surface area contributed by atoms with Gasteiger partial charge in [0.1, 0.15) is 5.02 Å². The maximum absolute atomic E-state index is 14.4. The van der Waals surface area contributed by atoms with Gasteiger partial charge in [0.05, 0.1) is 17.1 Å². The molecule has 1 unspecified atom stereocenters. The maximum Gasteiger partial charge on any atom is 0.169 e. The number of anilines is 3. The minimum Gasteiger partial charge on any atom is -0.397 e. The SMILES string of the molecule is CC1CN(C)CCCN1c1c(N)cc(N)c(Cl)c1F. The number of nitrogen functional groups attached to an aromatic ring is 2. The molecule has 2 rings (SSSR count). The molecule has 0 saturated carbocycles. The van der Waals surface area contributed by atoms with Crippen LogP contribution < -0.4 is 16.4 Å². The van der Waals surface area contributed by atoms with Crippen LogP contribution in [-0.4, -0.2) is 37.6 Å². The van der Waals surface area contributed by atoms with Gasteiger partial charge in [-0.2, -0.15) is 0 Å². The summed E-state index contributed by atoms with van der Waals surface area (Å²) in [5.74, 6) is -0.518. The molecular formula is C13H20ClFN4. The first-order valence-electron chi connectivity index (χ1n) is 6.40. The van der Waals surface area contributed by atoms with Crippen LogP contribution in [0.2, 0.25) is 5.02 Å². The van der Waals surface area contributed by atoms with Crippen molar-refractivity contribution in [3.05, 3.63) is 16.9 Å². The molecule has 1 aromatic rings. The number of benzene rings is 1. The van der Waals surface area contributed by atoms with Crippen LogP contribution in [0.5, 0.6) is 0 Å². The Bertz CT molecular complexity index is 480. The molecule has 1 saturated heterocycles. The molecule has 1 aliphatic rings. The molecule has 106 valence electrons. The molecular weight excluding hydrogens is 267 g/mol. The first-order chi connectivity index (χ1) is 8.91. The Morgan fingerprint density at radius 3 is 2.68 bits per heavy atom. The summed E-state index contributed by atoms with van der Waals surface area (Å²) >= 11 is 5.90. The van der Waals surface area contributed by atoms with Crippen LogP contribution in [0.3, 0.4) is 0 Å². The van der Waals surface area contributed by atoms with E-state index in [1.54, 1.807) is 0 Å². The summed E-state index contributed by atoms with van der Waals surface area (Å²) in [7, 11) is 2.07. The normalized spacial score (nSPS) is 21.5. The molecule has 1 aliphatic heterocycles. The molecule has 0 radical (unpaired) electrons. The predicted octanol–water partition coefficient (Wildman–Crippen LogP) is 2.17. The van der Waals surface area contributed by atoms with Gasteiger partial charge in [0.25, 0.3) is 0 Å². The van der Waals surface area contributed by atoms with Gasteiger partial charge in [-0.3, -0.25) is 0 Å². The van der Waals surface area contributed by atoms with E-state index < -0.39 is 5.82 Å². The minimum atomic E-state index is -0.518. The van der Waals surface area contributed by atoms with Crippen LogP contribution in [0.1, 0.15) is 13.3 Å². The zero-order chi connectivity index (χ0) is 14.2. The summed E-state index contributed by atoms with van der Waals surface area (Å²) in [5.41, 5.74) is 12.5. The quantitative estimate of drug-likeness (QED) is 0.777. The van der Waals surface area contributed by atoms with Gasteiger partial charge in [0.15, 0.2) is 5.82 Å². The van der Waals surface area contributed by atoms with Gasteiger partial charge in [0.2, 0.25) is 0 Å². The van der Waals surface area contributed by atoms with Crippen LogP contribution in [0.25, 0.3) is 0 Å². The smallest absolute Gasteiger partial charge is 0.169 e. The van der Waals surface area contributed by atoms with Crippen molar-refractivity contribution in [2.45, 2.75) is 19.4 Å². The topological polar surface area (TPSA) is 58.5 Å². The molecule has 19 heavy (non-hydrogen) atoms. The third-order valence-electron chi connectivity index (χ3n) is 3.57. The Hall–Kier alpha value is -1.20. The molecule has 4 nitrogen and oxygen atoms in total. The molecule has 0 amide bonds. The fraction of sp³-hybridized carbons (Fsp3) is 0.538. The van der Waals surface area contributed by atoms with Gasteiger partial charge < -0.3 is 21.3 Å². The predicted molar refractivity (Wildman–Crippen MR) is 79.2 cm³/mol. The summed E-state index contributed by atoms with van der Waals surface area (Å²) in [5, 5.41) is -0.0472. The molecule has 6 heteroatoms. The molecule has 1 fully saturated rings. The van der Waals surface area contributed by atoms with Crippen molar-refractivity contribution in [3.8, 4) is 0 Å². The zero-order valence-electron chi connectivity index (χ0n) is 11.3. The number of likely N-dealkylation sites (N-methyl/N-ethyl adjacent to an activating group) is 1. The van der Waals surface area contributed by atoms with E-state index in [0.29, 0.717) is 11.4 Å². The lowest BCUT2D eigenvalue weighted by molar-refractivity contribution is 0.337. The molecule has 1 atom stereocenters. The zero-order valence-corrected chi connectivity index (χ0v) is 12.0. The summed E-state index contributed by atoms with van der Waals surface area (Å²) in [6.07, 6.45) is 0.960. The van der Waals surface area contributed by atoms with E-state index in [0.717, 1.165) is 26.1 Å². The van der Waals surface area contributed by atoms with Crippen molar-refractivity contribution in [1.29, 1.82) is 0 Å². The first-order valence-corrected chi connectivity index (χ1v) is 6.77. The fourth-order valence-corrected chi connectivity index (χ4v) is 2.80. The summed E-state index contributed by atoms with van der Waals surface area (Å²) in [6.45, 7) is 4.67. The van der Waals surface area contributed by atoms with E-state index in [-0.39, 0.29) is 16.8 Å². The summed E-state index contributed by atoms with van der Waals surface area (Å²) in [4.78, 5) is 4.22. The highest BCUT2D eigenvalue weighted by molar-refractivity contribution is 6.33. The van der Waals surface area contributed by atoms with Gasteiger partial charge >= 0.3 is 0 Å². The van der Waals surface area contributed by atoms with Gasteiger partial charge in [-0.25, -0.2) is 4.39 Å². The van der Waals surface area contributed by atoms with Crippen LogP contribution in [-0.2, 0) is 0 Å². The van der Waals surface area contributed by atoms with Crippen molar-refractivity contribution >= 4 is 28.7 Å². The largest absolute Gasteiger partial charge is 0.397 e. The summed E-state index contributed by atoms with van der Waals surface area (Å²) < 4.78 is 14.4. The van der Waals surface area contributed by atoms with Gasteiger partial charge in [-0.05, 0) is 33.0 Å². The lowest BCUT2D eigenvalue weighted by Gasteiger charge is -2.31. The number of nitrogens with zero attached hydrogens (tertiary/aromatic N) is 2. The Kier molecular flexibility index (Phi) is 4.06. The van der Waals surface area contributed by atoms with Crippen molar-refractivity contribution < 1.29 is 4.39 Å². The number of nitrogens with two attached hydrogens (primary N) is 2. The Labute approximate surface area is 118 Å². The molecule has 4 N–H and O–H groups in total. The van der Waals surface area contributed by atoms with Crippen LogP contribution in [0.4, 0.5) is 21.5 Å². The molecule has 0 spiro atoms. The van der Waals surface area contributed by atoms with Crippen molar-refractivity contribution in [2.75, 3.05) is 43.0 Å². The Morgan fingerprint density at radius 1 is 1.32 bits per heavy atom. The van der Waals surface area contributed by atoms with E-state index in [9.17, 15) is 4.39 Å². The second kappa shape index (κ2) is 5.43. The fourth-order valence-electron chi connectivity index (χ4n) is 2.65. The Morgan fingerprint density at radius 2 is 2.00 bits per heavy atom. The molecule has 1 aromatic carbocycles. The Balaban J connectivity index is 2.43. The number of hydrogen-bond acceptors (Lipinski definition) is 4. The molecule has 0 aromatic heterocycles. The van der Waals surface area contributed by atoms with Gasteiger partial charge in [-0.15, -0.1) is 0 Å². The number of halogens is 2. The monoisotopic (exact) mass is 286 g/mol. The van der Waals surface area contributed by atoms with Gasteiger partial charge in [0, 0.05) is 19.1 Å².